The smallest absolute Gasteiger partial charge is 0.0593 e. The Morgan fingerprint density at radius 2 is 1.84 bits per heavy atom. The van der Waals surface area contributed by atoms with Gasteiger partial charge in [0, 0.05) is 12.6 Å². The van der Waals surface area contributed by atoms with Gasteiger partial charge in [-0.2, -0.15) is 0 Å². The summed E-state index contributed by atoms with van der Waals surface area (Å²) >= 11 is 0. The maximum Gasteiger partial charge on any atom is 0.0593 e. The molecule has 2 unspecified atom stereocenters. The maximum atomic E-state index is 6.32. The highest BCUT2D eigenvalue weighted by Crippen LogP contribution is 2.36. The number of hydrogen-bond acceptors (Lipinski definition) is 2. The normalized spacial score (nSPS) is 25.8. The maximum absolute atomic E-state index is 6.32. The van der Waals surface area contributed by atoms with E-state index in [0.717, 1.165) is 18.9 Å². The van der Waals surface area contributed by atoms with Crippen molar-refractivity contribution in [3.05, 3.63) is 35.4 Å². The minimum Gasteiger partial charge on any atom is -0.378 e. The quantitative estimate of drug-likeness (QED) is 0.889. The van der Waals surface area contributed by atoms with Gasteiger partial charge in [-0.3, -0.25) is 0 Å². The number of rotatable bonds is 4. The third-order valence-electron chi connectivity index (χ3n) is 4.73. The van der Waals surface area contributed by atoms with E-state index in [1.54, 1.807) is 0 Å². The molecular weight excluding hydrogens is 234 g/mol. The average molecular weight is 259 g/mol. The first kappa shape index (κ1) is 13.1. The molecule has 19 heavy (non-hydrogen) atoms. The van der Waals surface area contributed by atoms with Crippen molar-refractivity contribution in [1.29, 1.82) is 0 Å². The fourth-order valence-corrected chi connectivity index (χ4v) is 3.17. The van der Waals surface area contributed by atoms with E-state index in [-0.39, 0.29) is 6.04 Å². The van der Waals surface area contributed by atoms with Crippen LogP contribution in [0.2, 0.25) is 0 Å². The molecule has 3 rings (SSSR count). The Morgan fingerprint density at radius 1 is 1.05 bits per heavy atom. The molecule has 0 radical (unpaired) electrons. The molecule has 1 saturated carbocycles. The van der Waals surface area contributed by atoms with Gasteiger partial charge in [0.1, 0.15) is 0 Å². The monoisotopic (exact) mass is 259 g/mol. The molecule has 2 N–H and O–H groups in total. The first-order chi connectivity index (χ1) is 9.33. The van der Waals surface area contributed by atoms with Gasteiger partial charge in [-0.05, 0) is 55.6 Å². The summed E-state index contributed by atoms with van der Waals surface area (Å²) in [7, 11) is 0. The van der Waals surface area contributed by atoms with E-state index in [1.165, 1.54) is 49.7 Å². The van der Waals surface area contributed by atoms with Crippen molar-refractivity contribution in [3.63, 3.8) is 0 Å². The highest BCUT2D eigenvalue weighted by molar-refractivity contribution is 5.28. The molecule has 0 amide bonds. The van der Waals surface area contributed by atoms with Gasteiger partial charge in [-0.15, -0.1) is 0 Å². The molecule has 2 atom stereocenters. The minimum absolute atomic E-state index is 0.124. The van der Waals surface area contributed by atoms with Crippen LogP contribution in [0.1, 0.15) is 68.0 Å². The Balaban J connectivity index is 1.57. The van der Waals surface area contributed by atoms with Crippen molar-refractivity contribution >= 4 is 0 Å². The van der Waals surface area contributed by atoms with Crippen LogP contribution in [-0.4, -0.2) is 12.7 Å². The summed E-state index contributed by atoms with van der Waals surface area (Å²) in [6.45, 7) is 0.915. The zero-order chi connectivity index (χ0) is 13.1. The van der Waals surface area contributed by atoms with Crippen LogP contribution in [0.3, 0.4) is 0 Å². The third kappa shape index (κ3) is 3.18. The van der Waals surface area contributed by atoms with E-state index in [0.29, 0.717) is 6.10 Å². The number of benzene rings is 1. The standard InChI is InChI=1S/C17H25NO/c18-17(12-16-6-1-2-11-19-16)15-9-7-14(8-10-15)13-4-3-5-13/h7-10,13,16-17H,1-6,11-12,18H2. The molecule has 0 aromatic heterocycles. The molecule has 1 aliphatic carbocycles. The molecule has 2 aliphatic rings. The number of hydrogen-bond donors (Lipinski definition) is 1. The molecule has 2 heteroatoms. The summed E-state index contributed by atoms with van der Waals surface area (Å²) in [4.78, 5) is 0. The lowest BCUT2D eigenvalue weighted by Crippen LogP contribution is -2.24. The van der Waals surface area contributed by atoms with Gasteiger partial charge < -0.3 is 10.5 Å². The summed E-state index contributed by atoms with van der Waals surface area (Å²) in [6, 6.07) is 9.13. The van der Waals surface area contributed by atoms with Gasteiger partial charge in [0.05, 0.1) is 6.10 Å². The van der Waals surface area contributed by atoms with Crippen LogP contribution < -0.4 is 5.73 Å². The van der Waals surface area contributed by atoms with E-state index >= 15 is 0 Å². The minimum atomic E-state index is 0.124. The van der Waals surface area contributed by atoms with Crippen LogP contribution in [0.5, 0.6) is 0 Å². The zero-order valence-electron chi connectivity index (χ0n) is 11.7. The lowest BCUT2D eigenvalue weighted by Gasteiger charge is -2.27. The predicted molar refractivity (Wildman–Crippen MR) is 78.2 cm³/mol. The van der Waals surface area contributed by atoms with Crippen molar-refractivity contribution in [1.82, 2.24) is 0 Å². The third-order valence-corrected chi connectivity index (χ3v) is 4.73. The zero-order valence-corrected chi connectivity index (χ0v) is 11.7. The summed E-state index contributed by atoms with van der Waals surface area (Å²) in [5.74, 6) is 0.812. The molecule has 1 aliphatic heterocycles. The second-order valence-corrected chi connectivity index (χ2v) is 6.13. The van der Waals surface area contributed by atoms with Crippen molar-refractivity contribution in [3.8, 4) is 0 Å². The fraction of sp³-hybridized carbons (Fsp3) is 0.647. The van der Waals surface area contributed by atoms with Gasteiger partial charge in [-0.25, -0.2) is 0 Å². The Bertz CT molecular complexity index is 390. The van der Waals surface area contributed by atoms with E-state index < -0.39 is 0 Å². The van der Waals surface area contributed by atoms with Gasteiger partial charge in [0.15, 0.2) is 0 Å². The summed E-state index contributed by atoms with van der Waals surface area (Å²) in [5.41, 5.74) is 9.08. The van der Waals surface area contributed by atoms with Crippen LogP contribution in [0.15, 0.2) is 24.3 Å². The van der Waals surface area contributed by atoms with Crippen LogP contribution >= 0.6 is 0 Å². The molecule has 1 aromatic carbocycles. The van der Waals surface area contributed by atoms with Crippen molar-refractivity contribution in [2.24, 2.45) is 5.73 Å². The predicted octanol–water partition coefficient (Wildman–Crippen LogP) is 3.91. The first-order valence-electron chi connectivity index (χ1n) is 7.80. The van der Waals surface area contributed by atoms with Crippen molar-refractivity contribution in [2.45, 2.75) is 63.0 Å². The summed E-state index contributed by atoms with van der Waals surface area (Å²) in [5, 5.41) is 0. The molecule has 0 spiro atoms. The van der Waals surface area contributed by atoms with Crippen LogP contribution in [0.25, 0.3) is 0 Å². The van der Waals surface area contributed by atoms with E-state index in [2.05, 4.69) is 24.3 Å². The van der Waals surface area contributed by atoms with Gasteiger partial charge in [-0.1, -0.05) is 30.7 Å². The van der Waals surface area contributed by atoms with Crippen molar-refractivity contribution < 1.29 is 4.74 Å². The Kier molecular flexibility index (Phi) is 4.19. The lowest BCUT2D eigenvalue weighted by atomic mass is 9.79. The molecule has 2 nitrogen and oxygen atoms in total. The first-order valence-corrected chi connectivity index (χ1v) is 7.80. The largest absolute Gasteiger partial charge is 0.378 e. The van der Waals surface area contributed by atoms with E-state index in [4.69, 9.17) is 10.5 Å². The molecule has 1 heterocycles. The van der Waals surface area contributed by atoms with Crippen LogP contribution in [0, 0.1) is 0 Å². The molecule has 2 fully saturated rings. The SMILES string of the molecule is NC(CC1CCCCO1)c1ccc(C2CCC2)cc1. The van der Waals surface area contributed by atoms with Crippen molar-refractivity contribution in [2.75, 3.05) is 6.61 Å². The summed E-state index contributed by atoms with van der Waals surface area (Å²) < 4.78 is 5.78. The van der Waals surface area contributed by atoms with E-state index in [1.807, 2.05) is 0 Å². The van der Waals surface area contributed by atoms with Gasteiger partial charge in [0.2, 0.25) is 0 Å². The molecule has 104 valence electrons. The highest BCUT2D eigenvalue weighted by Gasteiger charge is 2.21. The average Bonchev–Trinajstić information content (AvgIpc) is 2.39. The number of nitrogens with two attached hydrogens (primary N) is 1. The molecular formula is C17H25NO. The Labute approximate surface area is 116 Å². The Hall–Kier alpha value is -0.860. The van der Waals surface area contributed by atoms with Crippen LogP contribution in [-0.2, 0) is 4.74 Å². The topological polar surface area (TPSA) is 35.2 Å². The summed E-state index contributed by atoms with van der Waals surface area (Å²) in [6.07, 6.45) is 9.12. The second kappa shape index (κ2) is 6.06. The van der Waals surface area contributed by atoms with Crippen LogP contribution in [0.4, 0.5) is 0 Å². The van der Waals surface area contributed by atoms with Gasteiger partial charge >= 0.3 is 0 Å². The molecule has 0 bridgehead atoms. The van der Waals surface area contributed by atoms with E-state index in [9.17, 15) is 0 Å². The second-order valence-electron chi connectivity index (χ2n) is 6.13. The number of ether oxygens (including phenoxy) is 1. The van der Waals surface area contributed by atoms with Gasteiger partial charge in [0.25, 0.3) is 0 Å². The molecule has 1 saturated heterocycles. The fourth-order valence-electron chi connectivity index (χ4n) is 3.17. The lowest BCUT2D eigenvalue weighted by molar-refractivity contribution is 0.00729. The Morgan fingerprint density at radius 3 is 2.42 bits per heavy atom. The molecule has 1 aromatic rings. The highest BCUT2D eigenvalue weighted by atomic mass is 16.5.